The van der Waals surface area contributed by atoms with E-state index >= 15 is 0 Å². The van der Waals surface area contributed by atoms with E-state index in [0.29, 0.717) is 36.6 Å². The number of carbonyl (C=O) groups excluding carboxylic acids is 2. The number of fused-ring (bicyclic) bond motifs is 1. The van der Waals surface area contributed by atoms with Crippen LogP contribution < -0.4 is 10.1 Å². The molecule has 10 heteroatoms. The van der Waals surface area contributed by atoms with Crippen LogP contribution in [0.15, 0.2) is 40.9 Å². The summed E-state index contributed by atoms with van der Waals surface area (Å²) in [6, 6.07) is 10.3. The smallest absolute Gasteiger partial charge is 0.407 e. The number of rotatable bonds is 8. The first-order valence-corrected chi connectivity index (χ1v) is 10.3. The highest BCUT2D eigenvalue weighted by atomic mass is 79.9. The van der Waals surface area contributed by atoms with Crippen molar-refractivity contribution >= 4 is 38.8 Å². The molecule has 2 amide bonds. The van der Waals surface area contributed by atoms with Crippen LogP contribution >= 0.6 is 15.9 Å². The number of aromatic nitrogens is 2. The van der Waals surface area contributed by atoms with Crippen LogP contribution in [0.4, 0.5) is 9.18 Å². The molecule has 1 aromatic heterocycles. The standard InChI is InChI=1S/C21H22BrFN4O4/c1-24-21(29)31-12-19(28)27(2)8-3-9-30-14-5-7-15(17(23)11-14)20-16-6-4-13(22)10-18(16)25-26-20/h4-7,10-11H,3,8-9,12H2,1-2H3,(H,24,29)(H,25,26). The average Bonchev–Trinajstić information content (AvgIpc) is 3.17. The number of nitrogens with zero attached hydrogens (tertiary/aromatic N) is 2. The van der Waals surface area contributed by atoms with E-state index in [4.69, 9.17) is 9.47 Å². The second-order valence-corrected chi connectivity index (χ2v) is 7.66. The Hall–Kier alpha value is -3.14. The van der Waals surface area contributed by atoms with E-state index in [1.807, 2.05) is 18.2 Å². The second kappa shape index (κ2) is 10.3. The second-order valence-electron chi connectivity index (χ2n) is 6.75. The maximum atomic E-state index is 14.7. The highest BCUT2D eigenvalue weighted by Gasteiger charge is 2.14. The quantitative estimate of drug-likeness (QED) is 0.467. The zero-order valence-corrected chi connectivity index (χ0v) is 18.7. The predicted molar refractivity (Wildman–Crippen MR) is 117 cm³/mol. The van der Waals surface area contributed by atoms with Crippen LogP contribution in [0.1, 0.15) is 6.42 Å². The first-order valence-electron chi connectivity index (χ1n) is 9.54. The van der Waals surface area contributed by atoms with E-state index in [1.54, 1.807) is 19.2 Å². The van der Waals surface area contributed by atoms with E-state index in [2.05, 4.69) is 31.4 Å². The fourth-order valence-electron chi connectivity index (χ4n) is 2.90. The van der Waals surface area contributed by atoms with Crippen LogP contribution in [0, 0.1) is 5.82 Å². The molecular formula is C21H22BrFN4O4. The Morgan fingerprint density at radius 1 is 1.26 bits per heavy atom. The highest BCUT2D eigenvalue weighted by molar-refractivity contribution is 9.10. The van der Waals surface area contributed by atoms with Gasteiger partial charge in [-0.15, -0.1) is 0 Å². The zero-order valence-electron chi connectivity index (χ0n) is 17.1. The van der Waals surface area contributed by atoms with Crippen molar-refractivity contribution in [3.8, 4) is 17.0 Å². The lowest BCUT2D eigenvalue weighted by atomic mass is 10.1. The van der Waals surface area contributed by atoms with Crippen molar-refractivity contribution in [2.75, 3.05) is 33.9 Å². The normalized spacial score (nSPS) is 10.7. The third-order valence-corrected chi connectivity index (χ3v) is 5.08. The molecule has 0 bridgehead atoms. The van der Waals surface area contributed by atoms with Crippen molar-refractivity contribution in [3.05, 3.63) is 46.7 Å². The molecule has 3 rings (SSSR count). The molecule has 0 saturated carbocycles. The number of halogens is 2. The molecule has 0 unspecified atom stereocenters. The van der Waals surface area contributed by atoms with Crippen molar-refractivity contribution in [2.24, 2.45) is 0 Å². The largest absolute Gasteiger partial charge is 0.493 e. The van der Waals surface area contributed by atoms with Crippen LogP contribution in [0.2, 0.25) is 0 Å². The Morgan fingerprint density at radius 2 is 2.06 bits per heavy atom. The Labute approximate surface area is 186 Å². The van der Waals surface area contributed by atoms with Gasteiger partial charge in [0.15, 0.2) is 6.61 Å². The van der Waals surface area contributed by atoms with Crippen molar-refractivity contribution in [2.45, 2.75) is 6.42 Å². The molecule has 8 nitrogen and oxygen atoms in total. The first kappa shape index (κ1) is 22.5. The van der Waals surface area contributed by atoms with Gasteiger partial charge in [0.2, 0.25) is 0 Å². The summed E-state index contributed by atoms with van der Waals surface area (Å²) in [5, 5.41) is 10.2. The molecule has 1 heterocycles. The number of H-pyrrole nitrogens is 1. The summed E-state index contributed by atoms with van der Waals surface area (Å²) < 4.78 is 25.9. The van der Waals surface area contributed by atoms with Crippen LogP contribution in [-0.2, 0) is 9.53 Å². The Balaban J connectivity index is 1.53. The molecule has 2 aromatic carbocycles. The molecule has 31 heavy (non-hydrogen) atoms. The summed E-state index contributed by atoms with van der Waals surface area (Å²) in [5.74, 6) is -0.370. The summed E-state index contributed by atoms with van der Waals surface area (Å²) in [7, 11) is 3.02. The summed E-state index contributed by atoms with van der Waals surface area (Å²) in [6.45, 7) is 0.375. The minimum atomic E-state index is -0.661. The summed E-state index contributed by atoms with van der Waals surface area (Å²) in [6.07, 6.45) is -0.129. The van der Waals surface area contributed by atoms with Gasteiger partial charge in [0.25, 0.3) is 5.91 Å². The fourth-order valence-corrected chi connectivity index (χ4v) is 3.26. The van der Waals surface area contributed by atoms with Gasteiger partial charge in [-0.2, -0.15) is 5.10 Å². The molecule has 0 fully saturated rings. The third kappa shape index (κ3) is 5.72. The number of benzene rings is 2. The van der Waals surface area contributed by atoms with E-state index in [0.717, 1.165) is 15.4 Å². The lowest BCUT2D eigenvalue weighted by molar-refractivity contribution is -0.133. The molecule has 0 aliphatic carbocycles. The molecule has 0 aliphatic heterocycles. The van der Waals surface area contributed by atoms with E-state index < -0.39 is 11.9 Å². The number of nitrogens with one attached hydrogen (secondary N) is 2. The highest BCUT2D eigenvalue weighted by Crippen LogP contribution is 2.31. The molecule has 3 aromatic rings. The maximum absolute atomic E-state index is 14.7. The third-order valence-electron chi connectivity index (χ3n) is 4.58. The van der Waals surface area contributed by atoms with Gasteiger partial charge < -0.3 is 19.7 Å². The molecule has 0 aliphatic rings. The minimum Gasteiger partial charge on any atom is -0.493 e. The number of carbonyl (C=O) groups is 2. The molecule has 164 valence electrons. The van der Waals surface area contributed by atoms with E-state index in [9.17, 15) is 14.0 Å². The SMILES string of the molecule is CNC(=O)OCC(=O)N(C)CCCOc1ccc(-c2n[nH]c3cc(Br)ccc23)c(F)c1. The Kier molecular flexibility index (Phi) is 7.45. The summed E-state index contributed by atoms with van der Waals surface area (Å²) in [4.78, 5) is 24.3. The predicted octanol–water partition coefficient (Wildman–Crippen LogP) is 3.71. The number of alkyl carbamates (subject to hydrolysis) is 1. The number of hydrogen-bond donors (Lipinski definition) is 2. The molecule has 0 saturated heterocycles. The Bertz CT molecular complexity index is 1090. The van der Waals surface area contributed by atoms with E-state index in [-0.39, 0.29) is 12.5 Å². The van der Waals surface area contributed by atoms with Gasteiger partial charge in [-0.05, 0) is 36.8 Å². The van der Waals surface area contributed by atoms with Gasteiger partial charge >= 0.3 is 6.09 Å². The molecule has 2 N–H and O–H groups in total. The Morgan fingerprint density at radius 3 is 2.81 bits per heavy atom. The topological polar surface area (TPSA) is 96.6 Å². The lowest BCUT2D eigenvalue weighted by Crippen LogP contribution is -2.34. The molecule has 0 atom stereocenters. The molecular weight excluding hydrogens is 471 g/mol. The maximum Gasteiger partial charge on any atom is 0.407 e. The van der Waals surface area contributed by atoms with Gasteiger partial charge in [-0.3, -0.25) is 9.89 Å². The summed E-state index contributed by atoms with van der Waals surface area (Å²) in [5.41, 5.74) is 1.72. The number of amides is 2. The van der Waals surface area contributed by atoms with Gasteiger partial charge in [0.1, 0.15) is 17.3 Å². The van der Waals surface area contributed by atoms with Crippen LogP contribution in [0.25, 0.3) is 22.2 Å². The van der Waals surface area contributed by atoms with Gasteiger partial charge in [-0.25, -0.2) is 9.18 Å². The van der Waals surface area contributed by atoms with Crippen molar-refractivity contribution in [1.82, 2.24) is 20.4 Å². The van der Waals surface area contributed by atoms with Crippen LogP contribution in [0.3, 0.4) is 0 Å². The number of likely N-dealkylation sites (N-methyl/N-ethyl adjacent to an activating group) is 1. The van der Waals surface area contributed by atoms with Crippen molar-refractivity contribution in [3.63, 3.8) is 0 Å². The van der Waals surface area contributed by atoms with Crippen molar-refractivity contribution in [1.29, 1.82) is 0 Å². The molecule has 0 radical (unpaired) electrons. The van der Waals surface area contributed by atoms with Crippen LogP contribution in [-0.4, -0.2) is 61.0 Å². The van der Waals surface area contributed by atoms with Crippen molar-refractivity contribution < 1.29 is 23.5 Å². The fraction of sp³-hybridized carbons (Fsp3) is 0.286. The molecule has 0 spiro atoms. The lowest BCUT2D eigenvalue weighted by Gasteiger charge is -2.17. The zero-order chi connectivity index (χ0) is 22.4. The van der Waals surface area contributed by atoms with Gasteiger partial charge in [0, 0.05) is 42.1 Å². The average molecular weight is 493 g/mol. The van der Waals surface area contributed by atoms with Gasteiger partial charge in [0.05, 0.1) is 12.1 Å². The number of aromatic amines is 1. The van der Waals surface area contributed by atoms with E-state index in [1.165, 1.54) is 18.0 Å². The summed E-state index contributed by atoms with van der Waals surface area (Å²) >= 11 is 3.40. The monoisotopic (exact) mass is 492 g/mol. The van der Waals surface area contributed by atoms with Gasteiger partial charge in [-0.1, -0.05) is 15.9 Å². The minimum absolute atomic E-state index is 0.298. The van der Waals surface area contributed by atoms with Crippen LogP contribution in [0.5, 0.6) is 5.75 Å². The number of ether oxygens (including phenoxy) is 2. The number of hydrogen-bond acceptors (Lipinski definition) is 5. The first-order chi connectivity index (χ1) is 14.9.